The largest absolute Gasteiger partial charge is 0.492 e. The highest BCUT2D eigenvalue weighted by Gasteiger charge is 2.18. The topological polar surface area (TPSA) is 44.8 Å². The number of fused-ring (bicyclic) bond motifs is 1. The van der Waals surface area contributed by atoms with E-state index in [1.165, 1.54) is 30.4 Å². The Morgan fingerprint density at radius 3 is 2.65 bits per heavy atom. The molecule has 1 fully saturated rings. The van der Waals surface area contributed by atoms with Gasteiger partial charge < -0.3 is 19.9 Å². The molecule has 126 valence electrons. The first-order valence-corrected chi connectivity index (χ1v) is 8.68. The highest BCUT2D eigenvalue weighted by atomic mass is 16.5. The lowest BCUT2D eigenvalue weighted by molar-refractivity contribution is 0.153. The number of aryl methyl sites for hydroxylation is 2. The molecule has 0 spiro atoms. The molecule has 1 aliphatic heterocycles. The summed E-state index contributed by atoms with van der Waals surface area (Å²) < 4.78 is 5.79. The summed E-state index contributed by atoms with van der Waals surface area (Å²) in [5, 5.41) is 2.94. The van der Waals surface area contributed by atoms with Crippen molar-refractivity contribution in [1.29, 1.82) is 0 Å². The monoisotopic (exact) mass is 317 g/mol. The van der Waals surface area contributed by atoms with Crippen LogP contribution in [0.5, 0.6) is 5.75 Å². The van der Waals surface area contributed by atoms with Gasteiger partial charge in [0.15, 0.2) is 0 Å². The number of benzene rings is 1. The van der Waals surface area contributed by atoms with Crippen LogP contribution in [-0.4, -0.2) is 62.2 Å². The molecule has 0 unspecified atom stereocenters. The summed E-state index contributed by atoms with van der Waals surface area (Å²) in [6, 6.07) is 6.42. The molecule has 0 atom stereocenters. The Bertz CT molecular complexity index is 539. The molecule has 0 saturated carbocycles. The number of urea groups is 1. The average Bonchev–Trinajstić information content (AvgIpc) is 2.59. The molecule has 1 aliphatic carbocycles. The van der Waals surface area contributed by atoms with Crippen molar-refractivity contribution >= 4 is 6.03 Å². The van der Waals surface area contributed by atoms with E-state index >= 15 is 0 Å². The van der Waals surface area contributed by atoms with Crippen LogP contribution in [0.1, 0.15) is 24.0 Å². The maximum Gasteiger partial charge on any atom is 0.317 e. The van der Waals surface area contributed by atoms with E-state index in [1.54, 1.807) is 0 Å². The van der Waals surface area contributed by atoms with E-state index in [9.17, 15) is 4.79 Å². The van der Waals surface area contributed by atoms with E-state index in [0.29, 0.717) is 13.2 Å². The smallest absolute Gasteiger partial charge is 0.317 e. The van der Waals surface area contributed by atoms with E-state index in [-0.39, 0.29) is 6.03 Å². The minimum atomic E-state index is 0.0205. The van der Waals surface area contributed by atoms with Gasteiger partial charge in [-0.25, -0.2) is 4.79 Å². The molecule has 5 heteroatoms. The first kappa shape index (κ1) is 16.1. The second-order valence-corrected chi connectivity index (χ2v) is 6.51. The first-order chi connectivity index (χ1) is 11.2. The lowest BCUT2D eigenvalue weighted by Crippen LogP contribution is -2.51. The summed E-state index contributed by atoms with van der Waals surface area (Å²) in [5.41, 5.74) is 2.89. The van der Waals surface area contributed by atoms with Gasteiger partial charge >= 0.3 is 6.03 Å². The summed E-state index contributed by atoms with van der Waals surface area (Å²) in [4.78, 5) is 16.2. The van der Waals surface area contributed by atoms with Gasteiger partial charge in [0.05, 0.1) is 6.54 Å². The van der Waals surface area contributed by atoms with Gasteiger partial charge in [0, 0.05) is 26.2 Å². The fourth-order valence-corrected chi connectivity index (χ4v) is 3.25. The van der Waals surface area contributed by atoms with E-state index in [0.717, 1.165) is 38.3 Å². The number of piperazine rings is 1. The van der Waals surface area contributed by atoms with Crippen LogP contribution in [0.15, 0.2) is 18.2 Å². The number of likely N-dealkylation sites (N-methyl/N-ethyl adjacent to an activating group) is 1. The second-order valence-electron chi connectivity index (χ2n) is 6.51. The van der Waals surface area contributed by atoms with Crippen molar-refractivity contribution in [3.63, 3.8) is 0 Å². The molecular weight excluding hydrogens is 290 g/mol. The van der Waals surface area contributed by atoms with Crippen LogP contribution >= 0.6 is 0 Å². The number of ether oxygens (including phenoxy) is 1. The predicted octanol–water partition coefficient (Wildman–Crippen LogP) is 1.90. The number of nitrogens with zero attached hydrogens (tertiary/aromatic N) is 2. The van der Waals surface area contributed by atoms with Gasteiger partial charge in [0.25, 0.3) is 0 Å². The van der Waals surface area contributed by atoms with Crippen LogP contribution in [0.25, 0.3) is 0 Å². The number of carbonyl (C=O) groups excluding carboxylic acids is 1. The summed E-state index contributed by atoms with van der Waals surface area (Å²) in [7, 11) is 2.08. The van der Waals surface area contributed by atoms with Crippen LogP contribution in [0.3, 0.4) is 0 Å². The van der Waals surface area contributed by atoms with Gasteiger partial charge in [-0.1, -0.05) is 6.07 Å². The maximum atomic E-state index is 12.0. The predicted molar refractivity (Wildman–Crippen MR) is 91.0 cm³/mol. The van der Waals surface area contributed by atoms with Gasteiger partial charge in [-0.05, 0) is 56.0 Å². The zero-order valence-corrected chi connectivity index (χ0v) is 14.0. The number of hydrogen-bond acceptors (Lipinski definition) is 3. The van der Waals surface area contributed by atoms with Gasteiger partial charge in [0.2, 0.25) is 0 Å². The Hall–Kier alpha value is -1.75. The summed E-state index contributed by atoms with van der Waals surface area (Å²) >= 11 is 0. The van der Waals surface area contributed by atoms with Crippen molar-refractivity contribution in [1.82, 2.24) is 15.1 Å². The molecule has 2 amide bonds. The third-order valence-electron chi connectivity index (χ3n) is 4.76. The third kappa shape index (κ3) is 4.38. The Kier molecular flexibility index (Phi) is 5.39. The fraction of sp³-hybridized carbons (Fsp3) is 0.611. The second kappa shape index (κ2) is 7.68. The van der Waals surface area contributed by atoms with Gasteiger partial charge in [-0.15, -0.1) is 0 Å². The molecule has 1 saturated heterocycles. The molecule has 1 heterocycles. The minimum Gasteiger partial charge on any atom is -0.492 e. The van der Waals surface area contributed by atoms with Crippen molar-refractivity contribution < 1.29 is 9.53 Å². The number of nitrogens with one attached hydrogen (secondary N) is 1. The lowest BCUT2D eigenvalue weighted by atomic mass is 9.92. The van der Waals surface area contributed by atoms with Gasteiger partial charge in [0.1, 0.15) is 12.4 Å². The number of hydrogen-bond donors (Lipinski definition) is 1. The Morgan fingerprint density at radius 1 is 1.13 bits per heavy atom. The highest BCUT2D eigenvalue weighted by molar-refractivity contribution is 5.74. The molecular formula is C18H27N3O2. The number of rotatable bonds is 4. The first-order valence-electron chi connectivity index (χ1n) is 8.68. The van der Waals surface area contributed by atoms with Crippen molar-refractivity contribution in [2.24, 2.45) is 0 Å². The zero-order valence-electron chi connectivity index (χ0n) is 14.0. The van der Waals surface area contributed by atoms with Gasteiger partial charge in [-0.3, -0.25) is 0 Å². The number of amides is 2. The lowest BCUT2D eigenvalue weighted by Gasteiger charge is -2.32. The maximum absolute atomic E-state index is 12.0. The molecule has 0 bridgehead atoms. The Morgan fingerprint density at radius 2 is 1.87 bits per heavy atom. The van der Waals surface area contributed by atoms with Crippen LogP contribution in [0.4, 0.5) is 4.79 Å². The minimum absolute atomic E-state index is 0.0205. The van der Waals surface area contributed by atoms with Gasteiger partial charge in [-0.2, -0.15) is 0 Å². The molecule has 0 radical (unpaired) electrons. The Balaban J connectivity index is 1.39. The van der Waals surface area contributed by atoms with Crippen LogP contribution in [0.2, 0.25) is 0 Å². The standard InChI is InChI=1S/C18H27N3O2/c1-20-9-11-21(12-10-20)18(22)19-8-13-23-17-7-6-15-4-2-3-5-16(15)14-17/h6-7,14H,2-5,8-13H2,1H3,(H,19,22). The molecule has 0 aromatic heterocycles. The summed E-state index contributed by atoms with van der Waals surface area (Å²) in [6.07, 6.45) is 4.92. The third-order valence-corrected chi connectivity index (χ3v) is 4.76. The molecule has 2 aliphatic rings. The summed E-state index contributed by atoms with van der Waals surface area (Å²) in [5.74, 6) is 0.916. The normalized spacial score (nSPS) is 18.4. The quantitative estimate of drug-likeness (QED) is 0.863. The van der Waals surface area contributed by atoms with Crippen molar-refractivity contribution in [2.45, 2.75) is 25.7 Å². The molecule has 1 aromatic rings. The van der Waals surface area contributed by atoms with E-state index in [1.807, 2.05) is 11.0 Å². The van der Waals surface area contributed by atoms with Crippen LogP contribution in [0, 0.1) is 0 Å². The van der Waals surface area contributed by atoms with E-state index in [2.05, 4.69) is 29.4 Å². The SMILES string of the molecule is CN1CCN(C(=O)NCCOc2ccc3c(c2)CCCC3)CC1. The highest BCUT2D eigenvalue weighted by Crippen LogP contribution is 2.25. The summed E-state index contributed by atoms with van der Waals surface area (Å²) in [6.45, 7) is 4.54. The average molecular weight is 317 g/mol. The van der Waals surface area contributed by atoms with Crippen LogP contribution < -0.4 is 10.1 Å². The van der Waals surface area contributed by atoms with Crippen LogP contribution in [-0.2, 0) is 12.8 Å². The molecule has 23 heavy (non-hydrogen) atoms. The van der Waals surface area contributed by atoms with Crippen molar-refractivity contribution in [3.8, 4) is 5.75 Å². The molecule has 5 nitrogen and oxygen atoms in total. The molecule has 1 N–H and O–H groups in total. The van der Waals surface area contributed by atoms with E-state index in [4.69, 9.17) is 4.74 Å². The Labute approximate surface area is 138 Å². The van der Waals surface area contributed by atoms with Crippen molar-refractivity contribution in [2.75, 3.05) is 46.4 Å². The number of carbonyl (C=O) groups is 1. The molecule has 3 rings (SSSR count). The zero-order chi connectivity index (χ0) is 16.1. The molecule has 1 aromatic carbocycles. The fourth-order valence-electron chi connectivity index (χ4n) is 3.25. The van der Waals surface area contributed by atoms with Crippen molar-refractivity contribution in [3.05, 3.63) is 29.3 Å². The van der Waals surface area contributed by atoms with E-state index < -0.39 is 0 Å².